The number of H-pyrrole nitrogens is 2. The second kappa shape index (κ2) is 9.41. The Morgan fingerprint density at radius 3 is 2.49 bits per heavy atom. The van der Waals surface area contributed by atoms with Crippen LogP contribution in [0.4, 0.5) is 0 Å². The second-order valence-corrected chi connectivity index (χ2v) is 11.6. The molecule has 0 bridgehead atoms. The van der Waals surface area contributed by atoms with Crippen molar-refractivity contribution in [2.75, 3.05) is 0 Å². The standard InChI is InChI=1S/C28H23N5OS3/c1-16-8-11-19(12-9-16)33-26(34)24-25(32(28(35)37-24)20-13-10-17(2)18(3)14-20)31-27(33)36-15-23-29-21-6-4-5-7-22(21)30-23/h4-14H,15H2,1-3H3,(H,29,30)/p+1. The van der Waals surface area contributed by atoms with Crippen molar-refractivity contribution >= 4 is 56.7 Å². The van der Waals surface area contributed by atoms with E-state index in [9.17, 15) is 4.79 Å². The number of para-hydroxylation sites is 2. The van der Waals surface area contributed by atoms with E-state index in [1.165, 1.54) is 28.7 Å². The van der Waals surface area contributed by atoms with Gasteiger partial charge in [-0.15, -0.1) is 0 Å². The van der Waals surface area contributed by atoms with Crippen LogP contribution in [0.1, 0.15) is 22.5 Å². The topological polar surface area (TPSA) is 69.8 Å². The van der Waals surface area contributed by atoms with Crippen LogP contribution in [0.25, 0.3) is 32.8 Å². The zero-order valence-electron chi connectivity index (χ0n) is 20.5. The summed E-state index contributed by atoms with van der Waals surface area (Å²) in [7, 11) is 0. The van der Waals surface area contributed by atoms with E-state index >= 15 is 0 Å². The summed E-state index contributed by atoms with van der Waals surface area (Å²) in [4.78, 5) is 25.9. The first-order valence-electron chi connectivity index (χ1n) is 11.8. The molecule has 0 saturated carbocycles. The SMILES string of the molecule is Cc1ccc(-n2c(SCc3[nH]c4ccccc4[nH+]3)nc3c(sc(=S)n3-c3ccc(C)c(C)c3)c2=O)cc1. The first kappa shape index (κ1) is 23.8. The summed E-state index contributed by atoms with van der Waals surface area (Å²) in [5.74, 6) is 1.54. The number of imidazole rings is 1. The van der Waals surface area contributed by atoms with Crippen LogP contribution in [0.15, 0.2) is 76.7 Å². The molecule has 6 aromatic rings. The van der Waals surface area contributed by atoms with Crippen molar-refractivity contribution in [1.29, 1.82) is 0 Å². The molecule has 0 amide bonds. The van der Waals surface area contributed by atoms with Crippen molar-refractivity contribution in [2.24, 2.45) is 0 Å². The fourth-order valence-electron chi connectivity index (χ4n) is 4.31. The number of fused-ring (bicyclic) bond motifs is 2. The quantitative estimate of drug-likeness (QED) is 0.154. The van der Waals surface area contributed by atoms with Gasteiger partial charge in [0.25, 0.3) is 11.4 Å². The third-order valence-corrected chi connectivity index (χ3v) is 8.78. The summed E-state index contributed by atoms with van der Waals surface area (Å²) in [5, 5.41) is 0.610. The minimum atomic E-state index is -0.115. The minimum Gasteiger partial charge on any atom is -0.275 e. The maximum atomic E-state index is 13.9. The number of aromatic nitrogens is 5. The predicted molar refractivity (Wildman–Crippen MR) is 154 cm³/mol. The average Bonchev–Trinajstić information content (AvgIpc) is 3.45. The zero-order chi connectivity index (χ0) is 25.7. The fourth-order valence-corrected chi connectivity index (χ4v) is 6.51. The van der Waals surface area contributed by atoms with Crippen LogP contribution >= 0.6 is 35.3 Å². The Morgan fingerprint density at radius 2 is 1.73 bits per heavy atom. The highest BCUT2D eigenvalue weighted by Gasteiger charge is 2.20. The molecule has 2 N–H and O–H groups in total. The Hall–Kier alpha value is -3.53. The van der Waals surface area contributed by atoms with Gasteiger partial charge in [0.2, 0.25) is 0 Å². The molecule has 0 atom stereocenters. The van der Waals surface area contributed by atoms with E-state index in [4.69, 9.17) is 17.2 Å². The van der Waals surface area contributed by atoms with Crippen molar-refractivity contribution in [3.05, 3.63) is 104 Å². The van der Waals surface area contributed by atoms with E-state index in [1.54, 1.807) is 4.57 Å². The highest BCUT2D eigenvalue weighted by atomic mass is 32.2. The van der Waals surface area contributed by atoms with Gasteiger partial charge in [-0.25, -0.2) is 15.0 Å². The zero-order valence-corrected chi connectivity index (χ0v) is 23.0. The molecule has 3 heterocycles. The highest BCUT2D eigenvalue weighted by Crippen LogP contribution is 2.29. The summed E-state index contributed by atoms with van der Waals surface area (Å²) in [6.07, 6.45) is 0. The lowest BCUT2D eigenvalue weighted by Crippen LogP contribution is -2.21. The lowest BCUT2D eigenvalue weighted by molar-refractivity contribution is -0.355. The maximum absolute atomic E-state index is 13.9. The van der Waals surface area contributed by atoms with Crippen LogP contribution < -0.4 is 10.5 Å². The summed E-state index contributed by atoms with van der Waals surface area (Å²) in [6.45, 7) is 6.19. The van der Waals surface area contributed by atoms with Gasteiger partial charge < -0.3 is 0 Å². The summed E-state index contributed by atoms with van der Waals surface area (Å²) >= 11 is 8.56. The van der Waals surface area contributed by atoms with Crippen LogP contribution in [0.2, 0.25) is 0 Å². The first-order valence-corrected chi connectivity index (χ1v) is 14.0. The van der Waals surface area contributed by atoms with Crippen molar-refractivity contribution in [2.45, 2.75) is 31.7 Å². The van der Waals surface area contributed by atoms with Crippen LogP contribution in [0, 0.1) is 24.7 Å². The number of nitrogens with one attached hydrogen (secondary N) is 2. The van der Waals surface area contributed by atoms with Gasteiger partial charge in [0.15, 0.2) is 25.8 Å². The molecule has 3 aromatic carbocycles. The van der Waals surface area contributed by atoms with Crippen LogP contribution in [0.3, 0.4) is 0 Å². The van der Waals surface area contributed by atoms with Crippen molar-refractivity contribution < 1.29 is 4.98 Å². The average molecular weight is 543 g/mol. The molecule has 37 heavy (non-hydrogen) atoms. The fraction of sp³-hybridized carbons (Fsp3) is 0.143. The Bertz CT molecular complexity index is 1880. The van der Waals surface area contributed by atoms with Crippen molar-refractivity contribution in [1.82, 2.24) is 19.1 Å². The van der Waals surface area contributed by atoms with Gasteiger partial charge in [0.1, 0.15) is 10.5 Å². The van der Waals surface area contributed by atoms with E-state index in [-0.39, 0.29) is 5.56 Å². The molecule has 0 saturated heterocycles. The monoisotopic (exact) mass is 542 g/mol. The van der Waals surface area contributed by atoms with Gasteiger partial charge in [-0.2, -0.15) is 0 Å². The molecule has 0 aliphatic rings. The van der Waals surface area contributed by atoms with Gasteiger partial charge in [-0.3, -0.25) is 13.9 Å². The molecular formula is C28H24N5OS3+. The number of thioether (sulfide) groups is 1. The lowest BCUT2D eigenvalue weighted by atomic mass is 10.1. The first-order chi connectivity index (χ1) is 17.9. The number of benzene rings is 3. The third-order valence-electron chi connectivity index (χ3n) is 6.46. The van der Waals surface area contributed by atoms with E-state index in [2.05, 4.69) is 35.9 Å². The van der Waals surface area contributed by atoms with Crippen LogP contribution in [0.5, 0.6) is 0 Å². The maximum Gasteiger partial charge on any atom is 0.278 e. The van der Waals surface area contributed by atoms with E-state index < -0.39 is 0 Å². The molecule has 3 aromatic heterocycles. The molecule has 0 aliphatic heterocycles. The third kappa shape index (κ3) is 4.33. The van der Waals surface area contributed by atoms with Crippen molar-refractivity contribution in [3.8, 4) is 11.4 Å². The smallest absolute Gasteiger partial charge is 0.275 e. The largest absolute Gasteiger partial charge is 0.278 e. The molecule has 6 nitrogen and oxygen atoms in total. The molecule has 0 unspecified atom stereocenters. The van der Waals surface area contributed by atoms with Gasteiger partial charge in [0, 0.05) is 5.69 Å². The number of nitrogens with zero attached hydrogens (tertiary/aromatic N) is 3. The number of hydrogen-bond donors (Lipinski definition) is 1. The summed E-state index contributed by atoms with van der Waals surface area (Å²) in [6, 6.07) is 22.2. The molecule has 0 spiro atoms. The van der Waals surface area contributed by atoms with Crippen molar-refractivity contribution in [3.63, 3.8) is 0 Å². The van der Waals surface area contributed by atoms with Crippen LogP contribution in [-0.4, -0.2) is 19.1 Å². The lowest BCUT2D eigenvalue weighted by Gasteiger charge is -2.13. The Balaban J connectivity index is 1.53. The molecule has 0 aliphatic carbocycles. The minimum absolute atomic E-state index is 0.115. The molecule has 6 rings (SSSR count). The predicted octanol–water partition coefficient (Wildman–Crippen LogP) is 6.48. The summed E-state index contributed by atoms with van der Waals surface area (Å²) < 4.78 is 4.77. The van der Waals surface area contributed by atoms with E-state index in [1.807, 2.05) is 66.1 Å². The Labute approximate surface area is 226 Å². The number of aryl methyl sites for hydroxylation is 3. The molecule has 0 radical (unpaired) electrons. The van der Waals surface area contributed by atoms with E-state index in [0.29, 0.717) is 25.2 Å². The van der Waals surface area contributed by atoms with E-state index in [0.717, 1.165) is 39.4 Å². The van der Waals surface area contributed by atoms with Gasteiger partial charge in [-0.1, -0.05) is 59.0 Å². The molecule has 184 valence electrons. The normalized spacial score (nSPS) is 11.5. The molecule has 0 fully saturated rings. The van der Waals surface area contributed by atoms with Gasteiger partial charge in [0.05, 0.1) is 5.69 Å². The van der Waals surface area contributed by atoms with Crippen LogP contribution in [-0.2, 0) is 5.75 Å². The summed E-state index contributed by atoms with van der Waals surface area (Å²) in [5.41, 5.74) is 7.75. The van der Waals surface area contributed by atoms with Gasteiger partial charge in [-0.05, 0) is 80.5 Å². The number of thiazole rings is 1. The highest BCUT2D eigenvalue weighted by molar-refractivity contribution is 7.98. The molecule has 9 heteroatoms. The second-order valence-electron chi connectivity index (χ2n) is 9.06. The Kier molecular flexibility index (Phi) is 6.06. The number of hydrogen-bond acceptors (Lipinski definition) is 5. The van der Waals surface area contributed by atoms with Gasteiger partial charge >= 0.3 is 0 Å². The molecular weight excluding hydrogens is 519 g/mol. The Morgan fingerprint density at radius 1 is 0.973 bits per heavy atom. The number of aromatic amines is 2. The number of rotatable bonds is 5.